The highest BCUT2D eigenvalue weighted by atomic mass is 32.2. The molecule has 0 saturated carbocycles. The van der Waals surface area contributed by atoms with E-state index in [4.69, 9.17) is 4.42 Å². The van der Waals surface area contributed by atoms with Crippen molar-refractivity contribution in [3.8, 4) is 10.8 Å². The summed E-state index contributed by atoms with van der Waals surface area (Å²) in [5.74, 6) is 0.787. The Hall–Kier alpha value is -2.57. The Morgan fingerprint density at radius 2 is 1.71 bits per heavy atom. The molecule has 0 radical (unpaired) electrons. The monoisotopic (exact) mass is 349 g/mol. The minimum Gasteiger partial charge on any atom is -0.447 e. The summed E-state index contributed by atoms with van der Waals surface area (Å²) in [6.45, 7) is 0. The quantitative estimate of drug-likeness (QED) is 0.462. The largest absolute Gasteiger partial charge is 0.447 e. The van der Waals surface area contributed by atoms with E-state index in [-0.39, 0.29) is 0 Å². The maximum Gasteiger partial charge on any atom is 0.174 e. The summed E-state index contributed by atoms with van der Waals surface area (Å²) in [5, 5.41) is 2.51. The number of fused-ring (bicyclic) bond motifs is 2. The number of nitrogens with one attached hydrogen (secondary N) is 1. The van der Waals surface area contributed by atoms with Crippen molar-refractivity contribution < 1.29 is 4.42 Å². The highest BCUT2D eigenvalue weighted by molar-refractivity contribution is 7.99. The van der Waals surface area contributed by atoms with Gasteiger partial charge in [0.15, 0.2) is 21.0 Å². The molecule has 6 heteroatoms. The molecular formula is C18H11N3OS2. The van der Waals surface area contributed by atoms with Crippen molar-refractivity contribution in [3.05, 3.63) is 60.7 Å². The van der Waals surface area contributed by atoms with Crippen molar-refractivity contribution in [1.82, 2.24) is 15.0 Å². The van der Waals surface area contributed by atoms with Crippen LogP contribution in [0.3, 0.4) is 0 Å². The van der Waals surface area contributed by atoms with Gasteiger partial charge in [0.1, 0.15) is 0 Å². The van der Waals surface area contributed by atoms with Crippen LogP contribution in [0.5, 0.6) is 0 Å². The molecule has 24 heavy (non-hydrogen) atoms. The third-order valence-electron chi connectivity index (χ3n) is 3.65. The second kappa shape index (κ2) is 5.51. The summed E-state index contributed by atoms with van der Waals surface area (Å²) in [6, 6.07) is 20.0. The molecule has 0 saturated heterocycles. The van der Waals surface area contributed by atoms with Gasteiger partial charge in [0.25, 0.3) is 0 Å². The Morgan fingerprint density at radius 3 is 2.58 bits per heavy atom. The molecule has 5 rings (SSSR count). The van der Waals surface area contributed by atoms with Crippen LogP contribution in [-0.2, 0) is 0 Å². The Labute approximate surface area is 145 Å². The van der Waals surface area contributed by atoms with Gasteiger partial charge in [-0.2, -0.15) is 0 Å². The zero-order valence-corrected chi connectivity index (χ0v) is 14.0. The number of thiazole rings is 1. The van der Waals surface area contributed by atoms with Crippen LogP contribution < -0.4 is 0 Å². The standard InChI is InChI=1S/C18H11N3OS2/c1-2-6-12-11(5-1)20-18(21-12)24-16-10-9-14(22-16)17-19-13-7-3-4-8-15(13)23-17/h1-10H,(H,20,21). The molecule has 0 spiro atoms. The van der Waals surface area contributed by atoms with E-state index in [9.17, 15) is 0 Å². The number of hydrogen-bond donors (Lipinski definition) is 1. The molecule has 1 N–H and O–H groups in total. The average Bonchev–Trinajstić information content (AvgIpc) is 3.31. The van der Waals surface area contributed by atoms with E-state index in [1.54, 1.807) is 11.3 Å². The first-order valence-corrected chi connectivity index (χ1v) is 9.07. The third kappa shape index (κ3) is 2.40. The topological polar surface area (TPSA) is 54.7 Å². The number of para-hydroxylation sites is 3. The second-order valence-corrected chi connectivity index (χ2v) is 7.29. The van der Waals surface area contributed by atoms with Crippen molar-refractivity contribution in [3.63, 3.8) is 0 Å². The molecule has 3 heterocycles. The minimum absolute atomic E-state index is 0.787. The number of benzene rings is 2. The summed E-state index contributed by atoms with van der Waals surface area (Å²) < 4.78 is 7.11. The van der Waals surface area contributed by atoms with E-state index in [1.807, 2.05) is 54.6 Å². The fourth-order valence-electron chi connectivity index (χ4n) is 2.54. The second-order valence-electron chi connectivity index (χ2n) is 5.27. The zero-order chi connectivity index (χ0) is 15.9. The Balaban J connectivity index is 1.46. The van der Waals surface area contributed by atoms with E-state index < -0.39 is 0 Å². The van der Waals surface area contributed by atoms with Gasteiger partial charge in [0.2, 0.25) is 0 Å². The maximum atomic E-state index is 5.95. The summed E-state index contributed by atoms with van der Waals surface area (Å²) in [4.78, 5) is 12.5. The van der Waals surface area contributed by atoms with E-state index in [2.05, 4.69) is 21.0 Å². The van der Waals surface area contributed by atoms with E-state index in [0.29, 0.717) is 0 Å². The summed E-state index contributed by atoms with van der Waals surface area (Å²) in [7, 11) is 0. The van der Waals surface area contributed by atoms with E-state index in [0.717, 1.165) is 42.3 Å². The molecule has 0 bridgehead atoms. The van der Waals surface area contributed by atoms with Crippen LogP contribution in [0, 0.1) is 0 Å². The number of aromatic amines is 1. The average molecular weight is 349 g/mol. The molecule has 0 aliphatic carbocycles. The number of rotatable bonds is 3. The lowest BCUT2D eigenvalue weighted by Crippen LogP contribution is -1.72. The van der Waals surface area contributed by atoms with Crippen LogP contribution in [0.2, 0.25) is 0 Å². The molecule has 2 aromatic carbocycles. The molecule has 0 unspecified atom stereocenters. The van der Waals surface area contributed by atoms with Crippen molar-refractivity contribution in [2.75, 3.05) is 0 Å². The van der Waals surface area contributed by atoms with Crippen LogP contribution in [0.25, 0.3) is 32.0 Å². The molecule has 0 amide bonds. The van der Waals surface area contributed by atoms with Crippen molar-refractivity contribution in [1.29, 1.82) is 0 Å². The van der Waals surface area contributed by atoms with Gasteiger partial charge in [-0.3, -0.25) is 0 Å². The van der Waals surface area contributed by atoms with Crippen LogP contribution >= 0.6 is 23.1 Å². The summed E-state index contributed by atoms with van der Waals surface area (Å²) in [6.07, 6.45) is 0. The summed E-state index contributed by atoms with van der Waals surface area (Å²) >= 11 is 3.12. The first kappa shape index (κ1) is 13.8. The normalized spacial score (nSPS) is 11.5. The van der Waals surface area contributed by atoms with Gasteiger partial charge in [-0.05, 0) is 48.2 Å². The molecule has 116 valence electrons. The van der Waals surface area contributed by atoms with Crippen LogP contribution in [0.1, 0.15) is 0 Å². The fraction of sp³-hybridized carbons (Fsp3) is 0. The predicted octanol–water partition coefficient (Wildman–Crippen LogP) is 5.58. The van der Waals surface area contributed by atoms with Crippen molar-refractivity contribution in [2.24, 2.45) is 0 Å². The minimum atomic E-state index is 0.787. The van der Waals surface area contributed by atoms with Gasteiger partial charge in [0.05, 0.1) is 21.3 Å². The first-order valence-electron chi connectivity index (χ1n) is 7.43. The van der Waals surface area contributed by atoms with Crippen LogP contribution in [0.4, 0.5) is 0 Å². The van der Waals surface area contributed by atoms with Gasteiger partial charge < -0.3 is 9.40 Å². The molecule has 0 aliphatic heterocycles. The van der Waals surface area contributed by atoms with Gasteiger partial charge >= 0.3 is 0 Å². The Morgan fingerprint density at radius 1 is 0.875 bits per heavy atom. The molecule has 0 fully saturated rings. The lowest BCUT2D eigenvalue weighted by molar-refractivity contribution is 0.487. The van der Waals surface area contributed by atoms with Crippen LogP contribution in [0.15, 0.2) is 75.3 Å². The lowest BCUT2D eigenvalue weighted by Gasteiger charge is -1.92. The number of H-pyrrole nitrogens is 1. The lowest BCUT2D eigenvalue weighted by atomic mass is 10.3. The third-order valence-corrected chi connectivity index (χ3v) is 5.51. The van der Waals surface area contributed by atoms with Crippen molar-refractivity contribution in [2.45, 2.75) is 10.2 Å². The predicted molar refractivity (Wildman–Crippen MR) is 97.5 cm³/mol. The van der Waals surface area contributed by atoms with Gasteiger partial charge in [-0.15, -0.1) is 11.3 Å². The number of nitrogens with zero attached hydrogens (tertiary/aromatic N) is 2. The van der Waals surface area contributed by atoms with Crippen molar-refractivity contribution >= 4 is 44.3 Å². The number of hydrogen-bond acceptors (Lipinski definition) is 5. The number of imidazole rings is 1. The molecular weight excluding hydrogens is 338 g/mol. The summed E-state index contributed by atoms with van der Waals surface area (Å²) in [5.41, 5.74) is 2.98. The highest BCUT2D eigenvalue weighted by Gasteiger charge is 2.12. The Bertz CT molecular complexity index is 1090. The van der Waals surface area contributed by atoms with E-state index in [1.165, 1.54) is 11.8 Å². The van der Waals surface area contributed by atoms with Gasteiger partial charge in [0, 0.05) is 0 Å². The van der Waals surface area contributed by atoms with Gasteiger partial charge in [-0.25, -0.2) is 9.97 Å². The molecule has 0 aliphatic rings. The smallest absolute Gasteiger partial charge is 0.174 e. The maximum absolute atomic E-state index is 5.95. The van der Waals surface area contributed by atoms with Crippen LogP contribution in [-0.4, -0.2) is 15.0 Å². The van der Waals surface area contributed by atoms with Gasteiger partial charge in [-0.1, -0.05) is 24.3 Å². The SMILES string of the molecule is c1ccc2[nH]c(Sc3ccc(-c4nc5ccccc5s4)o3)nc2c1. The van der Waals surface area contributed by atoms with E-state index >= 15 is 0 Å². The molecule has 3 aromatic heterocycles. The molecule has 0 atom stereocenters. The zero-order valence-electron chi connectivity index (χ0n) is 12.4. The fourth-order valence-corrected chi connectivity index (χ4v) is 4.23. The molecule has 4 nitrogen and oxygen atoms in total. The first-order chi connectivity index (χ1) is 11.8. The Kier molecular flexibility index (Phi) is 3.17. The number of furan rings is 1. The number of aromatic nitrogens is 3. The highest BCUT2D eigenvalue weighted by Crippen LogP contribution is 2.35. The molecule has 5 aromatic rings.